The normalized spacial score (nSPS) is 28.5. The average molecular weight is 308 g/mol. The lowest BCUT2D eigenvalue weighted by molar-refractivity contribution is -0.149. The molecule has 1 aliphatic carbocycles. The highest BCUT2D eigenvalue weighted by molar-refractivity contribution is 7.09. The Kier molecular flexibility index (Phi) is 3.99. The van der Waals surface area contributed by atoms with Gasteiger partial charge in [0.1, 0.15) is 0 Å². The first-order valence-electron chi connectivity index (χ1n) is 7.35. The molecule has 1 aliphatic heterocycles. The molecule has 0 unspecified atom stereocenters. The van der Waals surface area contributed by atoms with Crippen molar-refractivity contribution in [1.29, 1.82) is 0 Å². The molecule has 0 radical (unpaired) electrons. The number of carbonyl (C=O) groups is 2. The van der Waals surface area contributed by atoms with Gasteiger partial charge in [-0.1, -0.05) is 12.5 Å². The molecule has 2 fully saturated rings. The van der Waals surface area contributed by atoms with Crippen LogP contribution < -0.4 is 5.32 Å². The van der Waals surface area contributed by atoms with Crippen molar-refractivity contribution in [3.05, 3.63) is 22.4 Å². The number of nitrogens with one attached hydrogen (secondary N) is 1. The lowest BCUT2D eigenvalue weighted by atomic mass is 9.81. The smallest absolute Gasteiger partial charge is 0.311 e. The van der Waals surface area contributed by atoms with Gasteiger partial charge in [0.05, 0.1) is 18.5 Å². The van der Waals surface area contributed by atoms with Crippen LogP contribution in [-0.2, 0) is 16.1 Å². The van der Waals surface area contributed by atoms with Crippen LogP contribution in [0.5, 0.6) is 0 Å². The number of likely N-dealkylation sites (tertiary alicyclic amines) is 1. The molecule has 0 aromatic carbocycles. The van der Waals surface area contributed by atoms with Crippen molar-refractivity contribution in [2.75, 3.05) is 19.6 Å². The fourth-order valence-corrected chi connectivity index (χ4v) is 4.37. The summed E-state index contributed by atoms with van der Waals surface area (Å²) in [6.45, 7) is 2.10. The van der Waals surface area contributed by atoms with E-state index in [1.165, 1.54) is 0 Å². The molecule has 0 bridgehead atoms. The van der Waals surface area contributed by atoms with E-state index in [4.69, 9.17) is 0 Å². The number of carboxylic acid groups (broad SMARTS) is 1. The zero-order valence-electron chi connectivity index (χ0n) is 11.9. The van der Waals surface area contributed by atoms with Crippen molar-refractivity contribution in [1.82, 2.24) is 10.2 Å². The van der Waals surface area contributed by atoms with Gasteiger partial charge < -0.3 is 10.4 Å². The van der Waals surface area contributed by atoms with Crippen molar-refractivity contribution in [3.63, 3.8) is 0 Å². The molecule has 3 rings (SSSR count). The van der Waals surface area contributed by atoms with Gasteiger partial charge in [-0.05, 0) is 30.2 Å². The number of nitrogens with zero attached hydrogens (tertiary/aromatic N) is 1. The van der Waals surface area contributed by atoms with Crippen molar-refractivity contribution in [3.8, 4) is 0 Å². The Morgan fingerprint density at radius 1 is 1.52 bits per heavy atom. The number of amides is 1. The number of fused-ring (bicyclic) bond motifs is 1. The van der Waals surface area contributed by atoms with Crippen LogP contribution in [-0.4, -0.2) is 41.5 Å². The minimum Gasteiger partial charge on any atom is -0.481 e. The topological polar surface area (TPSA) is 69.6 Å². The summed E-state index contributed by atoms with van der Waals surface area (Å²) >= 11 is 1.62. The summed E-state index contributed by atoms with van der Waals surface area (Å²) in [4.78, 5) is 26.7. The molecule has 114 valence electrons. The maximum atomic E-state index is 12.0. The summed E-state index contributed by atoms with van der Waals surface area (Å²) in [5, 5.41) is 14.4. The van der Waals surface area contributed by atoms with Crippen molar-refractivity contribution < 1.29 is 14.7 Å². The highest BCUT2D eigenvalue weighted by Crippen LogP contribution is 2.48. The Labute approximate surface area is 128 Å². The zero-order valence-corrected chi connectivity index (χ0v) is 12.7. The van der Waals surface area contributed by atoms with Gasteiger partial charge in [0, 0.05) is 18.0 Å². The van der Waals surface area contributed by atoms with Crippen molar-refractivity contribution >= 4 is 23.2 Å². The third kappa shape index (κ3) is 2.82. The van der Waals surface area contributed by atoms with Gasteiger partial charge >= 0.3 is 5.97 Å². The van der Waals surface area contributed by atoms with Gasteiger partial charge in [-0.25, -0.2) is 0 Å². The second-order valence-electron chi connectivity index (χ2n) is 6.08. The Bertz CT molecular complexity index is 531. The molecular weight excluding hydrogens is 288 g/mol. The standard InChI is InChI=1S/C15H20N2O3S/c18-13(16-7-12-4-2-6-21-12)9-17-8-11-3-1-5-15(11,10-17)14(19)20/h2,4,6,11H,1,3,5,7-10H2,(H,16,18)(H,19,20)/t11-,15+/m0/s1. The summed E-state index contributed by atoms with van der Waals surface area (Å²) in [5.74, 6) is -0.504. The maximum Gasteiger partial charge on any atom is 0.311 e. The van der Waals surface area contributed by atoms with Crippen molar-refractivity contribution in [2.45, 2.75) is 25.8 Å². The Hall–Kier alpha value is -1.40. The molecule has 1 aromatic heterocycles. The minimum absolute atomic E-state index is 0.0242. The number of carboxylic acids is 1. The van der Waals surface area contributed by atoms with Gasteiger partial charge in [0.15, 0.2) is 0 Å². The quantitative estimate of drug-likeness (QED) is 0.866. The molecule has 1 aromatic rings. The van der Waals surface area contributed by atoms with Gasteiger partial charge in [-0.2, -0.15) is 0 Å². The van der Waals surface area contributed by atoms with E-state index in [2.05, 4.69) is 5.32 Å². The highest BCUT2D eigenvalue weighted by atomic mass is 32.1. The van der Waals surface area contributed by atoms with E-state index in [9.17, 15) is 14.7 Å². The Morgan fingerprint density at radius 3 is 3.05 bits per heavy atom. The third-order valence-corrected chi connectivity index (χ3v) is 5.65. The van der Waals surface area contributed by atoms with Crippen LogP contribution in [0.15, 0.2) is 17.5 Å². The van der Waals surface area contributed by atoms with Crippen LogP contribution >= 0.6 is 11.3 Å². The monoisotopic (exact) mass is 308 g/mol. The second kappa shape index (κ2) is 5.77. The molecule has 6 heteroatoms. The molecule has 2 aliphatic rings. The minimum atomic E-state index is -0.688. The summed E-state index contributed by atoms with van der Waals surface area (Å²) < 4.78 is 0. The molecule has 0 spiro atoms. The van der Waals surface area contributed by atoms with E-state index < -0.39 is 11.4 Å². The molecule has 2 heterocycles. The second-order valence-corrected chi connectivity index (χ2v) is 7.11. The first kappa shape index (κ1) is 14.5. The first-order valence-corrected chi connectivity index (χ1v) is 8.23. The number of carbonyl (C=O) groups excluding carboxylic acids is 1. The molecule has 21 heavy (non-hydrogen) atoms. The summed E-state index contributed by atoms with van der Waals surface area (Å²) in [7, 11) is 0. The van der Waals surface area contributed by atoms with E-state index in [0.29, 0.717) is 19.6 Å². The average Bonchev–Trinajstić information content (AvgIpc) is 3.11. The van der Waals surface area contributed by atoms with Crippen LogP contribution in [0.25, 0.3) is 0 Å². The van der Waals surface area contributed by atoms with Gasteiger partial charge in [0.2, 0.25) is 5.91 Å². The lowest BCUT2D eigenvalue weighted by Crippen LogP contribution is -2.39. The molecule has 1 amide bonds. The van der Waals surface area contributed by atoms with E-state index in [1.807, 2.05) is 22.4 Å². The van der Waals surface area contributed by atoms with E-state index >= 15 is 0 Å². The van der Waals surface area contributed by atoms with Gasteiger partial charge in [-0.3, -0.25) is 14.5 Å². The zero-order chi connectivity index (χ0) is 14.9. The van der Waals surface area contributed by atoms with Crippen LogP contribution in [0.3, 0.4) is 0 Å². The highest BCUT2D eigenvalue weighted by Gasteiger charge is 2.54. The molecule has 2 N–H and O–H groups in total. The Balaban J connectivity index is 1.52. The summed E-state index contributed by atoms with van der Waals surface area (Å²) in [6.07, 6.45) is 2.72. The number of hydrogen-bond donors (Lipinski definition) is 2. The number of hydrogen-bond acceptors (Lipinski definition) is 4. The third-order valence-electron chi connectivity index (χ3n) is 4.77. The lowest BCUT2D eigenvalue weighted by Gasteiger charge is -2.23. The Morgan fingerprint density at radius 2 is 2.38 bits per heavy atom. The van der Waals surface area contributed by atoms with Crippen LogP contribution in [0, 0.1) is 11.3 Å². The van der Waals surface area contributed by atoms with Crippen LogP contribution in [0.4, 0.5) is 0 Å². The molecule has 1 saturated heterocycles. The van der Waals surface area contributed by atoms with E-state index in [1.54, 1.807) is 11.3 Å². The van der Waals surface area contributed by atoms with E-state index in [0.717, 1.165) is 30.7 Å². The number of aliphatic carboxylic acids is 1. The van der Waals surface area contributed by atoms with Gasteiger partial charge in [0.25, 0.3) is 0 Å². The van der Waals surface area contributed by atoms with E-state index in [-0.39, 0.29) is 11.8 Å². The molecular formula is C15H20N2O3S. The largest absolute Gasteiger partial charge is 0.481 e. The predicted octanol–water partition coefficient (Wildman–Crippen LogP) is 1.55. The van der Waals surface area contributed by atoms with Crippen LogP contribution in [0.2, 0.25) is 0 Å². The molecule has 5 nitrogen and oxygen atoms in total. The molecule has 2 atom stereocenters. The summed E-state index contributed by atoms with van der Waals surface area (Å²) in [5.41, 5.74) is -0.603. The fraction of sp³-hybridized carbons (Fsp3) is 0.600. The SMILES string of the molecule is O=C(CN1C[C@@H]2CCC[C@@]2(C(=O)O)C1)NCc1cccs1. The number of thiophene rings is 1. The maximum absolute atomic E-state index is 12.0. The van der Waals surface area contributed by atoms with Crippen molar-refractivity contribution in [2.24, 2.45) is 11.3 Å². The van der Waals surface area contributed by atoms with Crippen LogP contribution in [0.1, 0.15) is 24.1 Å². The predicted molar refractivity (Wildman–Crippen MR) is 80.0 cm³/mol. The first-order chi connectivity index (χ1) is 10.1. The fourth-order valence-electron chi connectivity index (χ4n) is 3.72. The summed E-state index contributed by atoms with van der Waals surface area (Å²) in [6, 6.07) is 3.95. The number of rotatable bonds is 5. The molecule has 1 saturated carbocycles. The van der Waals surface area contributed by atoms with Gasteiger partial charge in [-0.15, -0.1) is 11.3 Å².